The number of halogens is 3. The van der Waals surface area contributed by atoms with Gasteiger partial charge in [0.05, 0.1) is 34.1 Å². The van der Waals surface area contributed by atoms with E-state index in [-0.39, 0.29) is 35.4 Å². The average Bonchev–Trinajstić information content (AvgIpc) is 3.54. The van der Waals surface area contributed by atoms with Crippen LogP contribution in [0.15, 0.2) is 85.1 Å². The molecule has 0 saturated carbocycles. The standard InChI is InChI=1S/C37H33Cl2FN6O4/c1-50-36-22(18-41-20-23-13-15-31(47)44-23)12-14-29(46-36)26-9-4-7-24(32(26)38)25-8-5-11-30(33(25)39)45-35-34(40)21(16-17-42-35)19-43-28-10-3-2-6-27(28)37(48)49/h2-12,14,16-17,23,41,43H,13,15,18-20H2,1H3,(H,42,45)(H,44,47)(H,48,49). The Morgan fingerprint density at radius 1 is 0.940 bits per heavy atom. The molecule has 0 aliphatic carbocycles. The molecule has 1 unspecified atom stereocenters. The van der Waals surface area contributed by atoms with E-state index in [9.17, 15) is 14.7 Å². The van der Waals surface area contributed by atoms with E-state index < -0.39 is 11.8 Å². The van der Waals surface area contributed by atoms with Crippen LogP contribution in [0.25, 0.3) is 22.4 Å². The highest BCUT2D eigenvalue weighted by Crippen LogP contribution is 2.42. The number of para-hydroxylation sites is 1. The molecule has 1 saturated heterocycles. The highest BCUT2D eigenvalue weighted by molar-refractivity contribution is 6.39. The number of nitrogens with one attached hydrogen (secondary N) is 4. The number of carbonyl (C=O) groups is 2. The first-order chi connectivity index (χ1) is 24.2. The Bertz CT molecular complexity index is 2060. The first-order valence-corrected chi connectivity index (χ1v) is 16.6. The fraction of sp³-hybridized carbons (Fsp3) is 0.189. The summed E-state index contributed by atoms with van der Waals surface area (Å²) in [5.41, 5.74) is 4.53. The third kappa shape index (κ3) is 7.65. The number of carboxylic acid groups (broad SMARTS) is 1. The van der Waals surface area contributed by atoms with Crippen molar-refractivity contribution in [3.8, 4) is 28.3 Å². The number of aromatic carboxylic acids is 1. The van der Waals surface area contributed by atoms with Crippen LogP contribution in [0.5, 0.6) is 5.88 Å². The molecule has 1 fully saturated rings. The molecule has 0 bridgehead atoms. The summed E-state index contributed by atoms with van der Waals surface area (Å²) in [4.78, 5) is 32.0. The number of hydrogen-bond donors (Lipinski definition) is 5. The van der Waals surface area contributed by atoms with Gasteiger partial charge in [0.2, 0.25) is 11.8 Å². The van der Waals surface area contributed by atoms with Crippen LogP contribution in [-0.4, -0.2) is 46.6 Å². The summed E-state index contributed by atoms with van der Waals surface area (Å²) >= 11 is 13.9. The van der Waals surface area contributed by atoms with Crippen molar-refractivity contribution in [3.63, 3.8) is 0 Å². The first-order valence-electron chi connectivity index (χ1n) is 15.8. The Labute approximate surface area is 298 Å². The SMILES string of the molecule is COc1nc(-c2cccc(-c3cccc(Nc4nccc(CNc5ccccc5C(=O)O)c4F)c3Cl)c2Cl)ccc1CNCC1CCC(=O)N1. The second-order valence-corrected chi connectivity index (χ2v) is 12.4. The zero-order valence-electron chi connectivity index (χ0n) is 26.9. The molecule has 0 radical (unpaired) electrons. The van der Waals surface area contributed by atoms with Gasteiger partial charge >= 0.3 is 5.97 Å². The van der Waals surface area contributed by atoms with Crippen molar-refractivity contribution in [1.29, 1.82) is 0 Å². The number of nitrogens with zero attached hydrogens (tertiary/aromatic N) is 2. The number of hydrogen-bond acceptors (Lipinski definition) is 8. The van der Waals surface area contributed by atoms with Crippen LogP contribution in [0.1, 0.15) is 34.3 Å². The molecule has 6 rings (SSSR count). The molecule has 1 aliphatic heterocycles. The Kier molecular flexibility index (Phi) is 10.8. The van der Waals surface area contributed by atoms with E-state index in [1.807, 2.05) is 36.4 Å². The molecule has 1 aliphatic rings. The second-order valence-electron chi connectivity index (χ2n) is 11.6. The molecule has 10 nitrogen and oxygen atoms in total. The molecule has 1 amide bonds. The number of carboxylic acids is 1. The van der Waals surface area contributed by atoms with E-state index in [2.05, 4.69) is 26.3 Å². The predicted molar refractivity (Wildman–Crippen MR) is 193 cm³/mol. The molecule has 13 heteroatoms. The second kappa shape index (κ2) is 15.5. The summed E-state index contributed by atoms with van der Waals surface area (Å²) in [6.07, 6.45) is 2.82. The number of rotatable bonds is 13. The Hall–Kier alpha value is -5.23. The Morgan fingerprint density at radius 3 is 2.44 bits per heavy atom. The van der Waals surface area contributed by atoms with Crippen molar-refractivity contribution in [3.05, 3.63) is 118 Å². The van der Waals surface area contributed by atoms with Crippen LogP contribution in [0, 0.1) is 5.82 Å². The van der Waals surface area contributed by atoms with Crippen LogP contribution < -0.4 is 26.0 Å². The fourth-order valence-electron chi connectivity index (χ4n) is 5.77. The van der Waals surface area contributed by atoms with Gasteiger partial charge in [-0.25, -0.2) is 19.2 Å². The van der Waals surface area contributed by atoms with Crippen LogP contribution in [0.2, 0.25) is 10.0 Å². The normalized spacial score (nSPS) is 13.9. The lowest BCUT2D eigenvalue weighted by molar-refractivity contribution is -0.119. The average molecular weight is 716 g/mol. The van der Waals surface area contributed by atoms with Crippen LogP contribution in [0.4, 0.5) is 21.6 Å². The van der Waals surface area contributed by atoms with E-state index >= 15 is 4.39 Å². The number of anilines is 3. The van der Waals surface area contributed by atoms with E-state index in [1.165, 1.54) is 18.3 Å². The fourth-order valence-corrected chi connectivity index (χ4v) is 6.37. The van der Waals surface area contributed by atoms with Crippen molar-refractivity contribution in [2.75, 3.05) is 24.3 Å². The molecule has 2 aromatic heterocycles. The number of amides is 1. The monoisotopic (exact) mass is 714 g/mol. The van der Waals surface area contributed by atoms with E-state index in [0.717, 1.165) is 12.0 Å². The highest BCUT2D eigenvalue weighted by Gasteiger charge is 2.21. The van der Waals surface area contributed by atoms with Crippen molar-refractivity contribution in [1.82, 2.24) is 20.6 Å². The topological polar surface area (TPSA) is 138 Å². The van der Waals surface area contributed by atoms with Gasteiger partial charge in [-0.2, -0.15) is 0 Å². The van der Waals surface area contributed by atoms with Crippen LogP contribution >= 0.6 is 23.2 Å². The smallest absolute Gasteiger partial charge is 0.337 e. The number of carbonyl (C=O) groups excluding carboxylic acids is 1. The number of benzene rings is 3. The zero-order chi connectivity index (χ0) is 35.2. The van der Waals surface area contributed by atoms with Gasteiger partial charge in [-0.15, -0.1) is 0 Å². The van der Waals surface area contributed by atoms with Gasteiger partial charge in [0, 0.05) is 71.8 Å². The lowest BCUT2D eigenvalue weighted by Crippen LogP contribution is -2.35. The van der Waals surface area contributed by atoms with Crippen molar-refractivity contribution in [2.24, 2.45) is 0 Å². The van der Waals surface area contributed by atoms with Gasteiger partial charge < -0.3 is 31.1 Å². The molecule has 256 valence electrons. The number of pyridine rings is 2. The molecule has 50 heavy (non-hydrogen) atoms. The van der Waals surface area contributed by atoms with Gasteiger partial charge in [-0.05, 0) is 36.8 Å². The molecule has 1 atom stereocenters. The third-order valence-corrected chi connectivity index (χ3v) is 9.15. The molecule has 3 aromatic carbocycles. The molecule has 5 aromatic rings. The largest absolute Gasteiger partial charge is 0.481 e. The molecule has 3 heterocycles. The first kappa shape index (κ1) is 34.6. The number of ether oxygens (including phenoxy) is 1. The van der Waals surface area contributed by atoms with E-state index in [4.69, 9.17) is 32.9 Å². The summed E-state index contributed by atoms with van der Waals surface area (Å²) in [6.45, 7) is 1.19. The molecular formula is C37H33Cl2FN6O4. The summed E-state index contributed by atoms with van der Waals surface area (Å²) in [5.74, 6) is -1.22. The van der Waals surface area contributed by atoms with Crippen molar-refractivity contribution < 1.29 is 23.8 Å². The van der Waals surface area contributed by atoms with Gasteiger partial charge in [-0.1, -0.05) is 71.7 Å². The maximum atomic E-state index is 15.6. The van der Waals surface area contributed by atoms with Gasteiger partial charge in [0.15, 0.2) is 11.6 Å². The molecular weight excluding hydrogens is 682 g/mol. The zero-order valence-corrected chi connectivity index (χ0v) is 28.4. The minimum atomic E-state index is -1.09. The van der Waals surface area contributed by atoms with Gasteiger partial charge in [-0.3, -0.25) is 4.79 Å². The Morgan fingerprint density at radius 2 is 1.68 bits per heavy atom. The highest BCUT2D eigenvalue weighted by atomic mass is 35.5. The van der Waals surface area contributed by atoms with Crippen LogP contribution in [-0.2, 0) is 17.9 Å². The summed E-state index contributed by atoms with van der Waals surface area (Å²) in [6, 6.07) is 22.7. The molecule has 5 N–H and O–H groups in total. The Balaban J connectivity index is 1.20. The minimum Gasteiger partial charge on any atom is -0.481 e. The predicted octanol–water partition coefficient (Wildman–Crippen LogP) is 7.69. The number of aromatic nitrogens is 2. The molecule has 0 spiro atoms. The maximum Gasteiger partial charge on any atom is 0.337 e. The lowest BCUT2D eigenvalue weighted by atomic mass is 10.00. The summed E-state index contributed by atoms with van der Waals surface area (Å²) < 4.78 is 21.2. The summed E-state index contributed by atoms with van der Waals surface area (Å²) in [7, 11) is 1.56. The van der Waals surface area contributed by atoms with E-state index in [1.54, 1.807) is 37.4 Å². The van der Waals surface area contributed by atoms with Crippen LogP contribution in [0.3, 0.4) is 0 Å². The maximum absolute atomic E-state index is 15.6. The quantitative estimate of drug-likeness (QED) is 0.0831. The number of methoxy groups -OCH3 is 1. The summed E-state index contributed by atoms with van der Waals surface area (Å²) in [5, 5.41) is 22.5. The van der Waals surface area contributed by atoms with Gasteiger partial charge in [0.1, 0.15) is 0 Å². The van der Waals surface area contributed by atoms with Crippen molar-refractivity contribution >= 4 is 52.3 Å². The van der Waals surface area contributed by atoms with E-state index in [0.29, 0.717) is 69.2 Å². The minimum absolute atomic E-state index is 0.0277. The van der Waals surface area contributed by atoms with Gasteiger partial charge in [0.25, 0.3) is 0 Å². The third-order valence-electron chi connectivity index (χ3n) is 8.34. The lowest BCUT2D eigenvalue weighted by Gasteiger charge is -2.16. The van der Waals surface area contributed by atoms with Crippen molar-refractivity contribution in [2.45, 2.75) is 32.0 Å².